The highest BCUT2D eigenvalue weighted by molar-refractivity contribution is 6.11. The van der Waals surface area contributed by atoms with Crippen molar-refractivity contribution in [1.29, 1.82) is 0 Å². The molecular formula is C33H23N3O6. The van der Waals surface area contributed by atoms with Crippen LogP contribution < -0.4 is 0 Å². The van der Waals surface area contributed by atoms with Crippen LogP contribution in [-0.2, 0) is 9.59 Å². The van der Waals surface area contributed by atoms with E-state index in [1.165, 1.54) is 24.3 Å². The number of amides is 3. The maximum absolute atomic E-state index is 14.3. The average molecular weight is 558 g/mol. The predicted molar refractivity (Wildman–Crippen MR) is 150 cm³/mol. The van der Waals surface area contributed by atoms with Crippen molar-refractivity contribution in [1.82, 2.24) is 10.0 Å². The number of rotatable bonds is 6. The summed E-state index contributed by atoms with van der Waals surface area (Å²) >= 11 is 0. The van der Waals surface area contributed by atoms with Crippen LogP contribution in [0, 0.1) is 22.0 Å². The van der Waals surface area contributed by atoms with Crippen molar-refractivity contribution in [2.75, 3.05) is 6.54 Å². The summed E-state index contributed by atoms with van der Waals surface area (Å²) in [7, 11) is 0. The topological polar surface area (TPSA) is 118 Å². The van der Waals surface area contributed by atoms with Gasteiger partial charge in [-0.1, -0.05) is 91.0 Å². The Labute approximate surface area is 240 Å². The summed E-state index contributed by atoms with van der Waals surface area (Å²) in [4.78, 5) is 67.3. The van der Waals surface area contributed by atoms with Crippen LogP contribution in [-0.4, -0.2) is 45.0 Å². The van der Waals surface area contributed by atoms with E-state index in [9.17, 15) is 29.3 Å². The standard InChI is InChI=1S/C33H23N3O6/c37-26(19-10-2-1-3-11-19)18-34(31(38)24-16-8-9-17-25(24)36(41)42)35-32(39)29-27-20-12-4-5-13-21(20)28(30(29)33(35)40)23-15-7-6-14-22(23)27/h1-17,27-30H,18H2/t27?,28?,29-,30-/m0/s1. The minimum Gasteiger partial charge on any atom is -0.292 e. The van der Waals surface area contributed by atoms with Crippen LogP contribution in [0.4, 0.5) is 5.69 Å². The van der Waals surface area contributed by atoms with Gasteiger partial charge in [-0.05, 0) is 28.3 Å². The molecule has 9 heteroatoms. The Morgan fingerprint density at radius 3 is 1.64 bits per heavy atom. The quantitative estimate of drug-likeness (QED) is 0.146. The summed E-state index contributed by atoms with van der Waals surface area (Å²) in [5.41, 5.74) is 3.30. The van der Waals surface area contributed by atoms with Gasteiger partial charge in [0.25, 0.3) is 23.4 Å². The molecule has 0 radical (unpaired) electrons. The summed E-state index contributed by atoms with van der Waals surface area (Å²) in [6.45, 7) is -0.652. The number of para-hydroxylation sites is 1. The number of carbonyl (C=O) groups excluding carboxylic acids is 4. The molecule has 1 heterocycles. The normalized spacial score (nSPS) is 21.4. The third kappa shape index (κ3) is 3.63. The van der Waals surface area contributed by atoms with Crippen LogP contribution in [0.5, 0.6) is 0 Å². The minimum absolute atomic E-state index is 0.272. The number of Topliss-reactive ketones (excluding diaryl/α,β-unsaturated/α-hetero) is 1. The lowest BCUT2D eigenvalue weighted by atomic mass is 9.55. The zero-order chi connectivity index (χ0) is 29.1. The second-order valence-electron chi connectivity index (χ2n) is 10.7. The van der Waals surface area contributed by atoms with E-state index in [1.54, 1.807) is 30.3 Å². The Hall–Kier alpha value is -5.44. The van der Waals surface area contributed by atoms with E-state index in [4.69, 9.17) is 0 Å². The number of carbonyl (C=O) groups is 4. The molecule has 3 amide bonds. The average Bonchev–Trinajstić information content (AvgIpc) is 3.29. The van der Waals surface area contributed by atoms with Gasteiger partial charge in [0.15, 0.2) is 5.78 Å². The number of hydrazine groups is 1. The fourth-order valence-corrected chi connectivity index (χ4v) is 6.94. The van der Waals surface area contributed by atoms with Crippen molar-refractivity contribution >= 4 is 29.2 Å². The van der Waals surface area contributed by atoms with Gasteiger partial charge < -0.3 is 0 Å². The molecule has 0 spiro atoms. The molecule has 0 saturated carbocycles. The molecule has 1 fully saturated rings. The van der Waals surface area contributed by atoms with E-state index in [2.05, 4.69) is 0 Å². The first-order chi connectivity index (χ1) is 20.4. The van der Waals surface area contributed by atoms with E-state index in [-0.39, 0.29) is 11.1 Å². The zero-order valence-electron chi connectivity index (χ0n) is 22.1. The fourth-order valence-electron chi connectivity index (χ4n) is 6.94. The number of ketones is 1. The zero-order valence-corrected chi connectivity index (χ0v) is 22.1. The van der Waals surface area contributed by atoms with Gasteiger partial charge in [-0.25, -0.2) is 5.01 Å². The Kier molecular flexibility index (Phi) is 5.83. The summed E-state index contributed by atoms with van der Waals surface area (Å²) in [5.74, 6) is -5.11. The number of nitro benzene ring substituents is 1. The number of imide groups is 1. The summed E-state index contributed by atoms with van der Waals surface area (Å²) < 4.78 is 0. The molecule has 1 aliphatic heterocycles. The number of nitrogens with zero attached hydrogens (tertiary/aromatic N) is 3. The van der Waals surface area contributed by atoms with Crippen LogP contribution in [0.25, 0.3) is 0 Å². The first-order valence-electron chi connectivity index (χ1n) is 13.6. The van der Waals surface area contributed by atoms with E-state index in [1.807, 2.05) is 48.5 Å². The van der Waals surface area contributed by atoms with Crippen LogP contribution in [0.15, 0.2) is 103 Å². The molecule has 2 atom stereocenters. The molecule has 1 saturated heterocycles. The molecule has 8 rings (SSSR count). The van der Waals surface area contributed by atoms with Gasteiger partial charge in [0, 0.05) is 23.5 Å². The molecule has 2 bridgehead atoms. The molecule has 3 aliphatic carbocycles. The SMILES string of the molecule is O=C(CN(C(=O)c1ccccc1[N+](=O)[O-])N1C(=O)[C@H]2C3c4ccccc4C(c4ccccc43)[C@@H]2C1=O)c1ccccc1. The minimum atomic E-state index is -0.977. The van der Waals surface area contributed by atoms with E-state index < -0.39 is 64.3 Å². The molecule has 0 N–H and O–H groups in total. The van der Waals surface area contributed by atoms with Crippen molar-refractivity contribution in [3.05, 3.63) is 147 Å². The maximum atomic E-state index is 14.3. The lowest BCUT2D eigenvalue weighted by molar-refractivity contribution is -0.385. The number of hydrogen-bond acceptors (Lipinski definition) is 6. The van der Waals surface area contributed by atoms with E-state index >= 15 is 0 Å². The highest BCUT2D eigenvalue weighted by atomic mass is 16.6. The summed E-state index contributed by atoms with van der Waals surface area (Å²) in [6, 6.07) is 29.0. The van der Waals surface area contributed by atoms with Gasteiger partial charge in [0.2, 0.25) is 0 Å². The van der Waals surface area contributed by atoms with Gasteiger partial charge >= 0.3 is 0 Å². The Balaban J connectivity index is 1.36. The summed E-state index contributed by atoms with van der Waals surface area (Å²) in [6.07, 6.45) is 0. The van der Waals surface area contributed by atoms with Crippen LogP contribution in [0.1, 0.15) is 54.8 Å². The number of hydrogen-bond donors (Lipinski definition) is 0. The Morgan fingerprint density at radius 1 is 0.690 bits per heavy atom. The largest absolute Gasteiger partial charge is 0.292 e. The van der Waals surface area contributed by atoms with Crippen molar-refractivity contribution in [3.63, 3.8) is 0 Å². The first kappa shape index (κ1) is 25.5. The highest BCUT2D eigenvalue weighted by Gasteiger charge is 2.63. The molecule has 42 heavy (non-hydrogen) atoms. The van der Waals surface area contributed by atoms with E-state index in [0.29, 0.717) is 0 Å². The van der Waals surface area contributed by atoms with Crippen LogP contribution in [0.3, 0.4) is 0 Å². The lowest BCUT2D eigenvalue weighted by Crippen LogP contribution is -2.52. The number of nitro groups is 1. The molecular weight excluding hydrogens is 534 g/mol. The molecule has 0 aromatic heterocycles. The van der Waals surface area contributed by atoms with Gasteiger partial charge in [0.05, 0.1) is 16.8 Å². The Bertz CT molecular complexity index is 1700. The fraction of sp³-hybridized carbons (Fsp3) is 0.152. The second-order valence-corrected chi connectivity index (χ2v) is 10.7. The van der Waals surface area contributed by atoms with Gasteiger partial charge in [-0.2, -0.15) is 5.01 Å². The van der Waals surface area contributed by atoms with Gasteiger partial charge in [-0.3, -0.25) is 29.3 Å². The monoisotopic (exact) mass is 557 g/mol. The van der Waals surface area contributed by atoms with Crippen LogP contribution >= 0.6 is 0 Å². The third-order valence-corrected chi connectivity index (χ3v) is 8.62. The molecule has 4 aromatic rings. The van der Waals surface area contributed by atoms with Crippen molar-refractivity contribution in [2.24, 2.45) is 11.8 Å². The van der Waals surface area contributed by atoms with Gasteiger partial charge in [0.1, 0.15) is 12.1 Å². The highest BCUT2D eigenvalue weighted by Crippen LogP contribution is 2.61. The molecule has 4 aliphatic rings. The second kappa shape index (κ2) is 9.59. The van der Waals surface area contributed by atoms with Crippen molar-refractivity contribution in [2.45, 2.75) is 11.8 Å². The first-order valence-corrected chi connectivity index (χ1v) is 13.6. The van der Waals surface area contributed by atoms with Crippen molar-refractivity contribution < 1.29 is 24.1 Å². The van der Waals surface area contributed by atoms with Gasteiger partial charge in [-0.15, -0.1) is 0 Å². The predicted octanol–water partition coefficient (Wildman–Crippen LogP) is 4.73. The number of benzene rings is 4. The maximum Gasteiger partial charge on any atom is 0.282 e. The Morgan fingerprint density at radius 2 is 1.14 bits per heavy atom. The van der Waals surface area contributed by atoms with E-state index in [0.717, 1.165) is 32.3 Å². The smallest absolute Gasteiger partial charge is 0.282 e. The molecule has 0 unspecified atom stereocenters. The molecule has 9 nitrogen and oxygen atoms in total. The lowest BCUT2D eigenvalue weighted by Gasteiger charge is -2.45. The molecule has 4 aromatic carbocycles. The summed E-state index contributed by atoms with van der Waals surface area (Å²) in [5, 5.41) is 13.4. The third-order valence-electron chi connectivity index (χ3n) is 8.62. The van der Waals surface area contributed by atoms with Crippen molar-refractivity contribution in [3.8, 4) is 0 Å². The van der Waals surface area contributed by atoms with Crippen LogP contribution in [0.2, 0.25) is 0 Å². The molecule has 206 valence electrons.